The summed E-state index contributed by atoms with van der Waals surface area (Å²) in [6, 6.07) is 12.5. The minimum absolute atomic E-state index is 0.0333. The van der Waals surface area contributed by atoms with Gasteiger partial charge < -0.3 is 45.8 Å². The average Bonchev–Trinajstić information content (AvgIpc) is 3.77. The van der Waals surface area contributed by atoms with Crippen molar-refractivity contribution in [3.05, 3.63) is 83.4 Å². The summed E-state index contributed by atoms with van der Waals surface area (Å²) in [7, 11) is 0. The molecular formula is C54H66FN11O5. The van der Waals surface area contributed by atoms with Crippen molar-refractivity contribution in [3.8, 4) is 29.4 Å². The van der Waals surface area contributed by atoms with Crippen LogP contribution in [0, 0.1) is 34.9 Å². The number of likely N-dealkylation sites (tertiary alicyclic amines) is 2. The number of rotatable bonds is 10. The number of amides is 3. The van der Waals surface area contributed by atoms with Crippen molar-refractivity contribution in [2.75, 3.05) is 60.9 Å². The Labute approximate surface area is 415 Å². The number of nitrogens with zero attached hydrogens (tertiary/aromatic N) is 8. The number of terminal acetylenes is 1. The lowest BCUT2D eigenvalue weighted by atomic mass is 9.56. The van der Waals surface area contributed by atoms with Gasteiger partial charge in [-0.2, -0.15) is 0 Å². The number of halogens is 1. The molecule has 4 aliphatic heterocycles. The van der Waals surface area contributed by atoms with Gasteiger partial charge in [0.15, 0.2) is 5.82 Å². The second-order valence-corrected chi connectivity index (χ2v) is 22.0. The number of para-hydroxylation sites is 1. The van der Waals surface area contributed by atoms with Crippen molar-refractivity contribution in [1.82, 2.24) is 40.6 Å². The first kappa shape index (κ1) is 48.3. The number of carbonyl (C=O) groups is 3. The molecule has 6 aliphatic rings. The van der Waals surface area contributed by atoms with Gasteiger partial charge in [-0.25, -0.2) is 14.4 Å². The van der Waals surface area contributed by atoms with Crippen molar-refractivity contribution in [2.24, 2.45) is 16.7 Å². The minimum Gasteiger partial charge on any atom is -0.507 e. The van der Waals surface area contributed by atoms with Gasteiger partial charge in [0, 0.05) is 86.7 Å². The molecular weight excluding hydrogens is 902 g/mol. The molecule has 2 saturated carbocycles. The number of nitrogens with one attached hydrogen (secondary N) is 3. The summed E-state index contributed by atoms with van der Waals surface area (Å²) in [6.07, 6.45) is 16.5. The number of β-amino-alcohol motifs (C(OH)–C–C–N with tert-alkyl or cyclic N) is 1. The molecule has 3 saturated heterocycles. The van der Waals surface area contributed by atoms with E-state index in [4.69, 9.17) is 16.4 Å². The Hall–Kier alpha value is -6.38. The number of hydrogen-bond donors (Lipinski definition) is 5. The Morgan fingerprint density at radius 2 is 1.69 bits per heavy atom. The predicted octanol–water partition coefficient (Wildman–Crippen LogP) is 5.21. The highest BCUT2D eigenvalue weighted by Crippen LogP contribution is 2.55. The van der Waals surface area contributed by atoms with Crippen LogP contribution >= 0.6 is 0 Å². The fraction of sp³-hybridized carbons (Fsp3) is 0.537. The highest BCUT2D eigenvalue weighted by atomic mass is 19.1. The summed E-state index contributed by atoms with van der Waals surface area (Å²) in [5.41, 5.74) is 3.74. The molecule has 4 atom stereocenters. The van der Waals surface area contributed by atoms with Crippen molar-refractivity contribution in [1.29, 1.82) is 0 Å². The van der Waals surface area contributed by atoms with E-state index in [1.807, 2.05) is 51.4 Å². The zero-order chi connectivity index (χ0) is 49.6. The molecule has 0 bridgehead atoms. The first-order chi connectivity index (χ1) is 34.1. The summed E-state index contributed by atoms with van der Waals surface area (Å²) in [5, 5.41) is 39.2. The van der Waals surface area contributed by atoms with Crippen LogP contribution in [-0.2, 0) is 20.9 Å². The van der Waals surface area contributed by atoms with Crippen LogP contribution in [0.5, 0.6) is 5.75 Å². The van der Waals surface area contributed by atoms with E-state index in [1.165, 1.54) is 22.6 Å². The zero-order valence-electron chi connectivity index (χ0n) is 41.0. The van der Waals surface area contributed by atoms with Crippen molar-refractivity contribution >= 4 is 35.2 Å². The van der Waals surface area contributed by atoms with Gasteiger partial charge in [0.1, 0.15) is 23.7 Å². The lowest BCUT2D eigenvalue weighted by Crippen LogP contribution is -2.59. The number of aromatic hydroxyl groups is 1. The molecule has 17 heteroatoms. The van der Waals surface area contributed by atoms with E-state index < -0.39 is 41.2 Å². The topological polar surface area (TPSA) is 192 Å². The highest BCUT2D eigenvalue weighted by Gasteiger charge is 2.50. The smallest absolute Gasteiger partial charge is 0.246 e. The molecule has 3 amide bonds. The van der Waals surface area contributed by atoms with Crippen LogP contribution < -0.4 is 25.8 Å². The van der Waals surface area contributed by atoms with E-state index in [-0.39, 0.29) is 54.1 Å². The molecule has 1 spiro atoms. The second kappa shape index (κ2) is 19.7. The number of carbonyl (C=O) groups excluding carboxylic acids is 3. The third-order valence-corrected chi connectivity index (χ3v) is 16.4. The van der Waals surface area contributed by atoms with Gasteiger partial charge >= 0.3 is 0 Å². The van der Waals surface area contributed by atoms with Gasteiger partial charge in [-0.3, -0.25) is 14.4 Å². The first-order valence-corrected chi connectivity index (χ1v) is 25.4. The molecule has 71 heavy (non-hydrogen) atoms. The number of aromatic nitrogens is 4. The monoisotopic (exact) mass is 968 g/mol. The van der Waals surface area contributed by atoms with Gasteiger partial charge in [-0.1, -0.05) is 44.9 Å². The Morgan fingerprint density at radius 3 is 2.39 bits per heavy atom. The number of phenols is 1. The summed E-state index contributed by atoms with van der Waals surface area (Å²) in [4.78, 5) is 60.0. The Bertz CT molecular complexity index is 2670. The summed E-state index contributed by atoms with van der Waals surface area (Å²) >= 11 is 0. The van der Waals surface area contributed by atoms with Crippen LogP contribution in [0.25, 0.3) is 11.3 Å². The highest BCUT2D eigenvalue weighted by molar-refractivity contribution is 5.93. The van der Waals surface area contributed by atoms with Gasteiger partial charge in [0.2, 0.25) is 23.7 Å². The molecule has 2 aromatic carbocycles. The van der Waals surface area contributed by atoms with Gasteiger partial charge in [-0.15, -0.1) is 16.6 Å². The quantitative estimate of drug-likeness (QED) is 0.130. The standard InChI is InChI=1S/C54H66FN11O5/c1-5-33-10-11-36(42(55)22-33)27-57-50(70)45-23-40(67)32-66(45)51(71)47(53(2,3)4)60-49(69)35-12-16-54(17-13-35)25-38(26-54)63-18-14-34(15-19-63)37-28-58-52(59-29-37)64-20-21-65-39(31-64)30-56-48-44(65)24-43(61-62-48)41-8-6-7-9-46(41)68/h1,6-11,22,24,28-29,34-35,38-40,45,47,67-68H,12-21,23,25-27,30-32H2,2-4H3,(H,56,62)(H,57,70)(H,60,69)/t35-,38-,39-,40+,45-,47+,54?/m0/s1. The number of anilines is 3. The number of fused-ring (bicyclic) bond motifs is 3. The Balaban J connectivity index is 0.669. The number of aliphatic hydroxyl groups excluding tert-OH is 1. The maximum Gasteiger partial charge on any atom is 0.246 e. The minimum atomic E-state index is -0.959. The third-order valence-electron chi connectivity index (χ3n) is 16.4. The predicted molar refractivity (Wildman–Crippen MR) is 268 cm³/mol. The van der Waals surface area contributed by atoms with Crippen molar-refractivity contribution < 1.29 is 29.0 Å². The summed E-state index contributed by atoms with van der Waals surface area (Å²) in [6.45, 7) is 10.7. The van der Waals surface area contributed by atoms with Crippen molar-refractivity contribution in [2.45, 2.75) is 121 Å². The average molecular weight is 968 g/mol. The number of benzene rings is 2. The number of phenolic OH excluding ortho intramolecular Hbond substituents is 1. The molecule has 2 aromatic heterocycles. The number of piperazine rings is 1. The molecule has 2 aliphatic carbocycles. The van der Waals surface area contributed by atoms with Crippen LogP contribution in [0.3, 0.4) is 0 Å². The third kappa shape index (κ3) is 9.97. The van der Waals surface area contributed by atoms with Gasteiger partial charge in [0.05, 0.1) is 23.5 Å². The molecule has 5 N–H and O–H groups in total. The molecule has 6 heterocycles. The van der Waals surface area contributed by atoms with Crippen molar-refractivity contribution in [3.63, 3.8) is 0 Å². The molecule has 10 rings (SSSR count). The van der Waals surface area contributed by atoms with E-state index in [0.29, 0.717) is 28.8 Å². The largest absolute Gasteiger partial charge is 0.507 e. The molecule has 374 valence electrons. The van der Waals surface area contributed by atoms with Gasteiger partial charge in [0.25, 0.3) is 0 Å². The molecule has 0 radical (unpaired) electrons. The van der Waals surface area contributed by atoms with Crippen LogP contribution in [0.15, 0.2) is 60.9 Å². The summed E-state index contributed by atoms with van der Waals surface area (Å²) in [5.74, 6) is 2.73. The Kier molecular flexibility index (Phi) is 13.4. The van der Waals surface area contributed by atoms with E-state index in [0.717, 1.165) is 108 Å². The molecule has 4 aromatic rings. The van der Waals surface area contributed by atoms with Crippen LogP contribution in [0.4, 0.5) is 21.8 Å². The van der Waals surface area contributed by atoms with E-state index in [9.17, 15) is 29.0 Å². The van der Waals surface area contributed by atoms with Crippen LogP contribution in [0.2, 0.25) is 0 Å². The normalized spacial score (nSPS) is 26.1. The molecule has 5 fully saturated rings. The fourth-order valence-corrected chi connectivity index (χ4v) is 12.2. The van der Waals surface area contributed by atoms with E-state index in [1.54, 1.807) is 18.2 Å². The maximum atomic E-state index is 14.6. The number of hydrogen-bond acceptors (Lipinski definition) is 13. The maximum absolute atomic E-state index is 14.6. The van der Waals surface area contributed by atoms with E-state index in [2.05, 4.69) is 46.8 Å². The fourth-order valence-electron chi connectivity index (χ4n) is 12.2. The van der Waals surface area contributed by atoms with E-state index >= 15 is 0 Å². The Morgan fingerprint density at radius 1 is 0.944 bits per heavy atom. The first-order valence-electron chi connectivity index (χ1n) is 25.4. The SMILES string of the molecule is C#Cc1ccc(CNC(=O)[C@@H]2C[C@@H](O)CN2C(=O)[C@@H](NC(=O)[C@H]2CCC3(CC2)C[C@H](N2CCC(c4cnc(N5CCN6c7cc(-c8ccccc8O)nnc7NC[C@H]6C5)nc4)CC2)C3)C(C)(C)C)c(F)c1. The molecule has 0 unspecified atom stereocenters. The lowest BCUT2D eigenvalue weighted by Gasteiger charge is -2.55. The molecule has 16 nitrogen and oxygen atoms in total. The number of piperidine rings is 1. The second-order valence-electron chi connectivity index (χ2n) is 22.0. The van der Waals surface area contributed by atoms with Crippen LogP contribution in [0.1, 0.15) is 101 Å². The lowest BCUT2D eigenvalue weighted by molar-refractivity contribution is -0.145. The summed E-state index contributed by atoms with van der Waals surface area (Å²) < 4.78 is 14.6. The van der Waals surface area contributed by atoms with Gasteiger partial charge in [-0.05, 0) is 117 Å². The number of aliphatic hydroxyl groups is 1. The zero-order valence-corrected chi connectivity index (χ0v) is 41.0. The van der Waals surface area contributed by atoms with Crippen LogP contribution in [-0.4, -0.2) is 134 Å².